The molecule has 1 aromatic rings. The average Bonchev–Trinajstić information content (AvgIpc) is 2.73. The number of anilines is 1. The Kier molecular flexibility index (Phi) is 2.90. The van der Waals surface area contributed by atoms with E-state index in [0.717, 1.165) is 6.54 Å². The van der Waals surface area contributed by atoms with Crippen molar-refractivity contribution < 1.29 is 4.42 Å². The molecule has 0 radical (unpaired) electrons. The highest BCUT2D eigenvalue weighted by Gasteiger charge is 2.29. The van der Waals surface area contributed by atoms with Gasteiger partial charge in [-0.15, -0.1) is 5.10 Å². The van der Waals surface area contributed by atoms with Gasteiger partial charge >= 0.3 is 6.01 Å². The summed E-state index contributed by atoms with van der Waals surface area (Å²) in [6.45, 7) is 6.10. The summed E-state index contributed by atoms with van der Waals surface area (Å²) in [6, 6.07) is 1.17. The number of hydrogen-bond acceptors (Lipinski definition) is 5. The van der Waals surface area contributed by atoms with E-state index in [0.29, 0.717) is 30.4 Å². The first-order chi connectivity index (χ1) is 7.20. The number of nitrogens with one attached hydrogen (secondary N) is 1. The van der Waals surface area contributed by atoms with E-state index in [9.17, 15) is 0 Å². The Bertz CT molecular complexity index is 325. The first kappa shape index (κ1) is 10.4. The largest absolute Gasteiger partial charge is 0.407 e. The molecule has 5 nitrogen and oxygen atoms in total. The zero-order valence-electron chi connectivity index (χ0n) is 9.53. The molecular formula is C10H18N4O. The highest BCUT2D eigenvalue weighted by molar-refractivity contribution is 5.28. The molecule has 15 heavy (non-hydrogen) atoms. The number of rotatable bonds is 3. The lowest BCUT2D eigenvalue weighted by molar-refractivity contribution is 0.468. The first-order valence-electron chi connectivity index (χ1n) is 5.44. The summed E-state index contributed by atoms with van der Waals surface area (Å²) in [5.41, 5.74) is 0. The molecule has 5 heteroatoms. The van der Waals surface area contributed by atoms with Gasteiger partial charge in [0.25, 0.3) is 0 Å². The number of aromatic nitrogens is 2. The smallest absolute Gasteiger partial charge is 0.318 e. The van der Waals surface area contributed by atoms with Crippen LogP contribution < -0.4 is 10.2 Å². The minimum atomic E-state index is 0.503. The fraction of sp³-hybridized carbons (Fsp3) is 0.800. The van der Waals surface area contributed by atoms with Gasteiger partial charge in [-0.2, -0.15) is 0 Å². The van der Waals surface area contributed by atoms with Crippen molar-refractivity contribution in [3.63, 3.8) is 0 Å². The molecule has 0 bridgehead atoms. The molecule has 1 fully saturated rings. The summed E-state index contributed by atoms with van der Waals surface area (Å²) >= 11 is 0. The fourth-order valence-corrected chi connectivity index (χ4v) is 2.15. The maximum absolute atomic E-state index is 5.57. The Hall–Kier alpha value is -1.10. The van der Waals surface area contributed by atoms with Crippen molar-refractivity contribution >= 4 is 6.01 Å². The summed E-state index contributed by atoms with van der Waals surface area (Å²) in [5.74, 6) is 1.36. The van der Waals surface area contributed by atoms with Crippen molar-refractivity contribution in [3.8, 4) is 0 Å². The van der Waals surface area contributed by atoms with Gasteiger partial charge in [-0.05, 0) is 26.3 Å². The molecule has 0 saturated carbocycles. The zero-order chi connectivity index (χ0) is 10.8. The van der Waals surface area contributed by atoms with E-state index in [1.54, 1.807) is 0 Å². The molecule has 2 unspecified atom stereocenters. The van der Waals surface area contributed by atoms with Gasteiger partial charge in [-0.1, -0.05) is 12.0 Å². The van der Waals surface area contributed by atoms with Crippen LogP contribution in [0.2, 0.25) is 0 Å². The van der Waals surface area contributed by atoms with Gasteiger partial charge in [-0.3, -0.25) is 0 Å². The normalized spacial score (nSPS) is 26.2. The van der Waals surface area contributed by atoms with E-state index in [-0.39, 0.29) is 0 Å². The van der Waals surface area contributed by atoms with Crippen LogP contribution in [-0.4, -0.2) is 29.8 Å². The highest BCUT2D eigenvalue weighted by Crippen LogP contribution is 2.27. The first-order valence-corrected chi connectivity index (χ1v) is 5.44. The molecule has 1 aliphatic heterocycles. The minimum absolute atomic E-state index is 0.503. The fourth-order valence-electron chi connectivity index (χ4n) is 2.15. The molecule has 1 saturated heterocycles. The van der Waals surface area contributed by atoms with Crippen LogP contribution in [-0.2, 0) is 6.54 Å². The quantitative estimate of drug-likeness (QED) is 0.807. The second-order valence-electron chi connectivity index (χ2n) is 4.35. The molecule has 1 aromatic heterocycles. The van der Waals surface area contributed by atoms with Crippen LogP contribution in [0.1, 0.15) is 26.2 Å². The SMILES string of the molecule is CNCc1nnc(N2CC(C)CC2C)o1. The summed E-state index contributed by atoms with van der Waals surface area (Å²) < 4.78 is 5.57. The van der Waals surface area contributed by atoms with Gasteiger partial charge in [0.05, 0.1) is 6.54 Å². The molecule has 0 aromatic carbocycles. The van der Waals surface area contributed by atoms with Crippen LogP contribution in [0, 0.1) is 5.92 Å². The Morgan fingerprint density at radius 3 is 2.87 bits per heavy atom. The Morgan fingerprint density at radius 1 is 1.47 bits per heavy atom. The second kappa shape index (κ2) is 4.18. The standard InChI is InChI=1S/C10H18N4O/c1-7-4-8(2)14(6-7)10-13-12-9(15-10)5-11-3/h7-8,11H,4-6H2,1-3H3. The van der Waals surface area contributed by atoms with E-state index in [1.165, 1.54) is 6.42 Å². The predicted molar refractivity (Wildman–Crippen MR) is 57.7 cm³/mol. The van der Waals surface area contributed by atoms with Crippen molar-refractivity contribution in [2.45, 2.75) is 32.9 Å². The maximum Gasteiger partial charge on any atom is 0.318 e. The van der Waals surface area contributed by atoms with Gasteiger partial charge < -0.3 is 14.6 Å². The van der Waals surface area contributed by atoms with Gasteiger partial charge in [0.1, 0.15) is 0 Å². The van der Waals surface area contributed by atoms with Crippen LogP contribution in [0.4, 0.5) is 6.01 Å². The van der Waals surface area contributed by atoms with Crippen LogP contribution in [0.5, 0.6) is 0 Å². The van der Waals surface area contributed by atoms with Crippen LogP contribution in [0.15, 0.2) is 4.42 Å². The Balaban J connectivity index is 2.08. The van der Waals surface area contributed by atoms with Crippen LogP contribution in [0.3, 0.4) is 0 Å². The van der Waals surface area contributed by atoms with Crippen LogP contribution in [0.25, 0.3) is 0 Å². The third-order valence-electron chi connectivity index (χ3n) is 2.81. The van der Waals surface area contributed by atoms with Crippen molar-refractivity contribution in [2.24, 2.45) is 5.92 Å². The molecule has 2 atom stereocenters. The van der Waals surface area contributed by atoms with Crippen molar-refractivity contribution in [1.29, 1.82) is 0 Å². The summed E-state index contributed by atoms with van der Waals surface area (Å²) in [7, 11) is 1.87. The van der Waals surface area contributed by atoms with Gasteiger partial charge in [0.2, 0.25) is 5.89 Å². The average molecular weight is 210 g/mol. The van der Waals surface area contributed by atoms with E-state index >= 15 is 0 Å². The lowest BCUT2D eigenvalue weighted by Gasteiger charge is -2.17. The third kappa shape index (κ3) is 2.12. The molecule has 0 aliphatic carbocycles. The molecule has 0 amide bonds. The highest BCUT2D eigenvalue weighted by atomic mass is 16.4. The number of hydrogen-bond donors (Lipinski definition) is 1. The number of nitrogens with zero attached hydrogens (tertiary/aromatic N) is 3. The summed E-state index contributed by atoms with van der Waals surface area (Å²) in [4.78, 5) is 2.19. The molecular weight excluding hydrogens is 192 g/mol. The van der Waals surface area contributed by atoms with Gasteiger partial charge in [0.15, 0.2) is 0 Å². The van der Waals surface area contributed by atoms with Crippen molar-refractivity contribution in [1.82, 2.24) is 15.5 Å². The topological polar surface area (TPSA) is 54.2 Å². The van der Waals surface area contributed by atoms with Gasteiger partial charge in [0, 0.05) is 12.6 Å². The second-order valence-corrected chi connectivity index (χ2v) is 4.35. The molecule has 84 valence electrons. The molecule has 2 rings (SSSR count). The van der Waals surface area contributed by atoms with E-state index in [1.807, 2.05) is 7.05 Å². The van der Waals surface area contributed by atoms with Crippen molar-refractivity contribution in [2.75, 3.05) is 18.5 Å². The van der Waals surface area contributed by atoms with Crippen LogP contribution >= 0.6 is 0 Å². The predicted octanol–water partition coefficient (Wildman–Crippen LogP) is 1.02. The van der Waals surface area contributed by atoms with Gasteiger partial charge in [-0.25, -0.2) is 0 Å². The van der Waals surface area contributed by atoms with E-state index < -0.39 is 0 Å². The third-order valence-corrected chi connectivity index (χ3v) is 2.81. The summed E-state index contributed by atoms with van der Waals surface area (Å²) in [6.07, 6.45) is 1.20. The molecule has 0 spiro atoms. The lowest BCUT2D eigenvalue weighted by Crippen LogP contribution is -2.26. The molecule has 1 aliphatic rings. The minimum Gasteiger partial charge on any atom is -0.407 e. The zero-order valence-corrected chi connectivity index (χ0v) is 9.53. The maximum atomic E-state index is 5.57. The molecule has 2 heterocycles. The summed E-state index contributed by atoms with van der Waals surface area (Å²) in [5, 5.41) is 11.1. The van der Waals surface area contributed by atoms with Crippen molar-refractivity contribution in [3.05, 3.63) is 5.89 Å². The van der Waals surface area contributed by atoms with E-state index in [2.05, 4.69) is 34.3 Å². The Morgan fingerprint density at radius 2 is 2.27 bits per heavy atom. The molecule has 1 N–H and O–H groups in total. The lowest BCUT2D eigenvalue weighted by atomic mass is 10.1. The van der Waals surface area contributed by atoms with E-state index in [4.69, 9.17) is 4.42 Å². The Labute approximate surface area is 89.9 Å². The monoisotopic (exact) mass is 210 g/mol.